The topological polar surface area (TPSA) is 21.3 Å². The molecule has 1 saturated carbocycles. The first-order valence-electron chi connectivity index (χ1n) is 7.74. The molecule has 0 heterocycles. The van der Waals surface area contributed by atoms with Crippen molar-refractivity contribution in [3.63, 3.8) is 0 Å². The Morgan fingerprint density at radius 3 is 2.80 bits per heavy atom. The van der Waals surface area contributed by atoms with E-state index < -0.39 is 0 Å². The molecule has 0 radical (unpaired) electrons. The van der Waals surface area contributed by atoms with E-state index in [1.807, 2.05) is 7.05 Å². The molecule has 1 N–H and O–H groups in total. The van der Waals surface area contributed by atoms with Crippen LogP contribution < -0.4 is 10.1 Å². The van der Waals surface area contributed by atoms with Crippen LogP contribution in [-0.4, -0.2) is 19.2 Å². The fourth-order valence-electron chi connectivity index (χ4n) is 3.21. The fraction of sp³-hybridized carbons (Fsp3) is 0.647. The Kier molecular flexibility index (Phi) is 5.41. The summed E-state index contributed by atoms with van der Waals surface area (Å²) in [7, 11) is 2.00. The molecule has 1 aliphatic rings. The summed E-state index contributed by atoms with van der Waals surface area (Å²) >= 11 is 0. The molecule has 3 unspecified atom stereocenters. The molecular formula is C17H26FNO. The van der Waals surface area contributed by atoms with Gasteiger partial charge in [-0.2, -0.15) is 0 Å². The van der Waals surface area contributed by atoms with E-state index >= 15 is 0 Å². The third kappa shape index (κ3) is 3.72. The van der Waals surface area contributed by atoms with E-state index in [4.69, 9.17) is 4.74 Å². The van der Waals surface area contributed by atoms with Gasteiger partial charge in [0.25, 0.3) is 0 Å². The standard InChI is InChI=1S/C17H26FNO/c1-4-5-13-6-9-16(19-3)17(11-13)20-14-7-8-15(18)12(2)10-14/h7-8,10,13,16-17,19H,4-6,9,11H2,1-3H3. The average molecular weight is 279 g/mol. The van der Waals surface area contributed by atoms with Crippen molar-refractivity contribution in [1.29, 1.82) is 0 Å². The van der Waals surface area contributed by atoms with E-state index in [0.29, 0.717) is 11.6 Å². The second-order valence-electron chi connectivity index (χ2n) is 5.93. The number of halogens is 1. The second kappa shape index (κ2) is 7.07. The second-order valence-corrected chi connectivity index (χ2v) is 5.93. The number of rotatable bonds is 5. The highest BCUT2D eigenvalue weighted by Crippen LogP contribution is 2.31. The molecule has 0 spiro atoms. The lowest BCUT2D eigenvalue weighted by Crippen LogP contribution is -2.45. The van der Waals surface area contributed by atoms with Gasteiger partial charge in [-0.1, -0.05) is 19.8 Å². The van der Waals surface area contributed by atoms with E-state index in [1.165, 1.54) is 25.3 Å². The van der Waals surface area contributed by atoms with E-state index in [1.54, 1.807) is 19.1 Å². The maximum Gasteiger partial charge on any atom is 0.126 e. The predicted octanol–water partition coefficient (Wildman–Crippen LogP) is 4.07. The van der Waals surface area contributed by atoms with Crippen LogP contribution >= 0.6 is 0 Å². The number of hydrogen-bond acceptors (Lipinski definition) is 2. The van der Waals surface area contributed by atoms with Crippen molar-refractivity contribution < 1.29 is 9.13 Å². The van der Waals surface area contributed by atoms with Gasteiger partial charge in [-0.25, -0.2) is 4.39 Å². The van der Waals surface area contributed by atoms with Gasteiger partial charge >= 0.3 is 0 Å². The Bertz CT molecular complexity index is 435. The lowest BCUT2D eigenvalue weighted by atomic mass is 9.81. The summed E-state index contributed by atoms with van der Waals surface area (Å²) in [6.07, 6.45) is 6.23. The van der Waals surface area contributed by atoms with Gasteiger partial charge < -0.3 is 10.1 Å². The molecule has 1 aliphatic carbocycles. The average Bonchev–Trinajstić information content (AvgIpc) is 2.44. The SMILES string of the molecule is CCCC1CCC(NC)C(Oc2ccc(F)c(C)c2)C1. The molecule has 0 amide bonds. The van der Waals surface area contributed by atoms with Crippen LogP contribution in [0.2, 0.25) is 0 Å². The first kappa shape index (κ1) is 15.3. The maximum absolute atomic E-state index is 13.3. The van der Waals surface area contributed by atoms with Crippen molar-refractivity contribution in [1.82, 2.24) is 5.32 Å². The van der Waals surface area contributed by atoms with E-state index in [9.17, 15) is 4.39 Å². The Labute approximate surface area is 121 Å². The van der Waals surface area contributed by atoms with Crippen molar-refractivity contribution in [3.05, 3.63) is 29.6 Å². The van der Waals surface area contributed by atoms with Crippen molar-refractivity contribution in [2.45, 2.75) is 58.1 Å². The van der Waals surface area contributed by atoms with Crippen LogP contribution in [0.25, 0.3) is 0 Å². The normalized spacial score (nSPS) is 26.5. The van der Waals surface area contributed by atoms with Crippen molar-refractivity contribution in [2.24, 2.45) is 5.92 Å². The molecule has 3 heteroatoms. The lowest BCUT2D eigenvalue weighted by Gasteiger charge is -2.36. The molecule has 2 nitrogen and oxygen atoms in total. The number of ether oxygens (including phenoxy) is 1. The Morgan fingerprint density at radius 2 is 2.15 bits per heavy atom. The fourth-order valence-corrected chi connectivity index (χ4v) is 3.21. The first-order valence-corrected chi connectivity index (χ1v) is 7.74. The number of likely N-dealkylation sites (N-methyl/N-ethyl adjacent to an activating group) is 1. The van der Waals surface area contributed by atoms with Gasteiger partial charge in [-0.15, -0.1) is 0 Å². The van der Waals surface area contributed by atoms with Crippen LogP contribution in [-0.2, 0) is 0 Å². The van der Waals surface area contributed by atoms with Crippen LogP contribution in [0, 0.1) is 18.7 Å². The molecule has 1 aromatic rings. The van der Waals surface area contributed by atoms with E-state index in [-0.39, 0.29) is 11.9 Å². The molecule has 0 saturated heterocycles. The molecule has 1 fully saturated rings. The molecule has 20 heavy (non-hydrogen) atoms. The third-order valence-corrected chi connectivity index (χ3v) is 4.38. The molecule has 2 rings (SSSR count). The van der Waals surface area contributed by atoms with Gasteiger partial charge in [0.2, 0.25) is 0 Å². The van der Waals surface area contributed by atoms with Crippen LogP contribution in [0.15, 0.2) is 18.2 Å². The van der Waals surface area contributed by atoms with Crippen molar-refractivity contribution >= 4 is 0 Å². The number of aryl methyl sites for hydroxylation is 1. The molecule has 1 aromatic carbocycles. The minimum atomic E-state index is -0.171. The minimum Gasteiger partial charge on any atom is -0.489 e. The van der Waals surface area contributed by atoms with E-state index in [0.717, 1.165) is 24.5 Å². The number of hydrogen-bond donors (Lipinski definition) is 1. The summed E-state index contributed by atoms with van der Waals surface area (Å²) in [4.78, 5) is 0. The third-order valence-electron chi connectivity index (χ3n) is 4.38. The summed E-state index contributed by atoms with van der Waals surface area (Å²) in [5, 5.41) is 3.36. The molecule has 0 bridgehead atoms. The van der Waals surface area contributed by atoms with Gasteiger partial charge in [0, 0.05) is 6.04 Å². The molecule has 3 atom stereocenters. The summed E-state index contributed by atoms with van der Waals surface area (Å²) in [5.41, 5.74) is 0.643. The van der Waals surface area contributed by atoms with Crippen LogP contribution in [0.5, 0.6) is 5.75 Å². The Hall–Kier alpha value is -1.09. The zero-order chi connectivity index (χ0) is 14.5. The highest BCUT2D eigenvalue weighted by molar-refractivity contribution is 5.29. The van der Waals surface area contributed by atoms with Gasteiger partial charge in [0.05, 0.1) is 0 Å². The zero-order valence-corrected chi connectivity index (χ0v) is 12.8. The van der Waals surface area contributed by atoms with Gasteiger partial charge in [-0.05, 0) is 62.9 Å². The summed E-state index contributed by atoms with van der Waals surface area (Å²) in [6.45, 7) is 4.02. The van der Waals surface area contributed by atoms with Crippen molar-refractivity contribution in [3.8, 4) is 5.75 Å². The summed E-state index contributed by atoms with van der Waals surface area (Å²) in [6, 6.07) is 5.42. The zero-order valence-electron chi connectivity index (χ0n) is 12.8. The van der Waals surface area contributed by atoms with Crippen molar-refractivity contribution in [2.75, 3.05) is 7.05 Å². The lowest BCUT2D eigenvalue weighted by molar-refractivity contribution is 0.0865. The summed E-state index contributed by atoms with van der Waals surface area (Å²) < 4.78 is 19.5. The monoisotopic (exact) mass is 279 g/mol. The summed E-state index contributed by atoms with van der Waals surface area (Å²) in [5.74, 6) is 1.37. The van der Waals surface area contributed by atoms with Gasteiger partial charge in [0.15, 0.2) is 0 Å². The van der Waals surface area contributed by atoms with Crippen LogP contribution in [0.3, 0.4) is 0 Å². The Morgan fingerprint density at radius 1 is 1.35 bits per heavy atom. The maximum atomic E-state index is 13.3. The minimum absolute atomic E-state index is 0.171. The highest BCUT2D eigenvalue weighted by Gasteiger charge is 2.30. The highest BCUT2D eigenvalue weighted by atomic mass is 19.1. The quantitative estimate of drug-likeness (QED) is 0.877. The van der Waals surface area contributed by atoms with Gasteiger partial charge in [0.1, 0.15) is 17.7 Å². The van der Waals surface area contributed by atoms with Crippen LogP contribution in [0.4, 0.5) is 4.39 Å². The number of benzene rings is 1. The first-order chi connectivity index (χ1) is 9.63. The Balaban J connectivity index is 2.04. The predicted molar refractivity (Wildman–Crippen MR) is 80.6 cm³/mol. The smallest absolute Gasteiger partial charge is 0.126 e. The molecule has 0 aromatic heterocycles. The van der Waals surface area contributed by atoms with Gasteiger partial charge in [-0.3, -0.25) is 0 Å². The molecule has 112 valence electrons. The largest absolute Gasteiger partial charge is 0.489 e. The van der Waals surface area contributed by atoms with Crippen LogP contribution in [0.1, 0.15) is 44.6 Å². The van der Waals surface area contributed by atoms with E-state index in [2.05, 4.69) is 12.2 Å². The molecule has 0 aliphatic heterocycles. The number of nitrogens with one attached hydrogen (secondary N) is 1. The molecular weight excluding hydrogens is 253 g/mol.